The summed E-state index contributed by atoms with van der Waals surface area (Å²) in [7, 11) is 0. The third-order valence-electron chi connectivity index (χ3n) is 6.73. The second kappa shape index (κ2) is 7.79. The van der Waals surface area contributed by atoms with Gasteiger partial charge in [-0.05, 0) is 68.8 Å². The zero-order valence-corrected chi connectivity index (χ0v) is 19.0. The van der Waals surface area contributed by atoms with Crippen LogP contribution in [0.3, 0.4) is 0 Å². The topological polar surface area (TPSA) is 98.5 Å². The van der Waals surface area contributed by atoms with Crippen molar-refractivity contribution in [3.05, 3.63) is 33.3 Å². The van der Waals surface area contributed by atoms with Crippen molar-refractivity contribution in [2.75, 3.05) is 5.32 Å². The molecule has 0 aromatic heterocycles. The van der Waals surface area contributed by atoms with Gasteiger partial charge < -0.3 is 10.1 Å². The fourth-order valence-corrected chi connectivity index (χ4v) is 7.83. The molecule has 1 aromatic rings. The Hall–Kier alpha value is -1.67. The predicted molar refractivity (Wildman–Crippen MR) is 116 cm³/mol. The second-order valence-corrected chi connectivity index (χ2v) is 11.4. The van der Waals surface area contributed by atoms with Gasteiger partial charge in [0.2, 0.25) is 0 Å². The number of nitro benzene ring substituents is 1. The maximum absolute atomic E-state index is 12.7. The molecule has 7 nitrogen and oxygen atoms in total. The number of rotatable bonds is 6. The number of nitrogens with one attached hydrogen (secondary N) is 1. The molecule has 0 unspecified atom stereocenters. The van der Waals surface area contributed by atoms with Crippen LogP contribution in [0.5, 0.6) is 0 Å². The number of halogens is 2. The summed E-state index contributed by atoms with van der Waals surface area (Å²) in [6.45, 7) is 1.51. The summed E-state index contributed by atoms with van der Waals surface area (Å²) in [5.41, 5.74) is 0.0396. The van der Waals surface area contributed by atoms with E-state index in [4.69, 9.17) is 16.3 Å². The molecule has 4 bridgehead atoms. The number of nitrogens with zero attached hydrogens (tertiary/aromatic N) is 1. The van der Waals surface area contributed by atoms with Crippen LogP contribution in [0, 0.1) is 27.4 Å². The average molecular weight is 500 g/mol. The Morgan fingerprint density at radius 1 is 1.33 bits per heavy atom. The number of amides is 1. The van der Waals surface area contributed by atoms with Crippen molar-refractivity contribution in [1.29, 1.82) is 0 Å². The quantitative estimate of drug-likeness (QED) is 0.250. The Bertz CT molecular complexity index is 893. The lowest BCUT2D eigenvalue weighted by Crippen LogP contribution is -2.53. The molecule has 0 aliphatic heterocycles. The molecule has 4 saturated carbocycles. The van der Waals surface area contributed by atoms with E-state index in [9.17, 15) is 19.7 Å². The van der Waals surface area contributed by atoms with Crippen LogP contribution in [0.4, 0.5) is 11.4 Å². The minimum atomic E-state index is -0.990. The summed E-state index contributed by atoms with van der Waals surface area (Å²) < 4.78 is 5.60. The first-order chi connectivity index (χ1) is 14.1. The second-order valence-electron chi connectivity index (χ2n) is 9.33. The SMILES string of the molecule is C[C@@H](OC(=O)CC12C[C@H]3C[C@@H](CC(Br)(C3)C1)C2)C(=O)Nc1ccc([N+](=O)[O-])cc1Cl. The van der Waals surface area contributed by atoms with Gasteiger partial charge in [-0.2, -0.15) is 0 Å². The zero-order valence-electron chi connectivity index (χ0n) is 16.7. The molecule has 162 valence electrons. The van der Waals surface area contributed by atoms with Crippen LogP contribution in [-0.4, -0.2) is 27.2 Å². The summed E-state index contributed by atoms with van der Waals surface area (Å²) in [4.78, 5) is 35.3. The molecule has 9 heteroatoms. The number of hydrogen-bond acceptors (Lipinski definition) is 5. The van der Waals surface area contributed by atoms with E-state index >= 15 is 0 Å². The average Bonchev–Trinajstić information content (AvgIpc) is 2.60. The zero-order chi connectivity index (χ0) is 21.7. The molecule has 1 N–H and O–H groups in total. The van der Waals surface area contributed by atoms with Crippen molar-refractivity contribution < 1.29 is 19.2 Å². The smallest absolute Gasteiger partial charge is 0.307 e. The van der Waals surface area contributed by atoms with Gasteiger partial charge in [0.15, 0.2) is 6.10 Å². The first kappa shape index (κ1) is 21.6. The lowest BCUT2D eigenvalue weighted by molar-refractivity contribution is -0.384. The highest BCUT2D eigenvalue weighted by molar-refractivity contribution is 9.10. The summed E-state index contributed by atoms with van der Waals surface area (Å²) in [6, 6.07) is 3.77. The molecule has 0 saturated heterocycles. The van der Waals surface area contributed by atoms with Crippen LogP contribution < -0.4 is 5.32 Å². The number of ether oxygens (including phenoxy) is 1. The van der Waals surface area contributed by atoms with Crippen LogP contribution in [-0.2, 0) is 14.3 Å². The van der Waals surface area contributed by atoms with Gasteiger partial charge in [-0.1, -0.05) is 27.5 Å². The highest BCUT2D eigenvalue weighted by Gasteiger charge is 2.57. The number of anilines is 1. The maximum atomic E-state index is 12.7. The van der Waals surface area contributed by atoms with Gasteiger partial charge in [-0.15, -0.1) is 0 Å². The molecular weight excluding hydrogens is 476 g/mol. The van der Waals surface area contributed by atoms with E-state index in [1.807, 2.05) is 0 Å². The molecule has 4 aliphatic carbocycles. The van der Waals surface area contributed by atoms with Crippen LogP contribution in [0.25, 0.3) is 0 Å². The largest absolute Gasteiger partial charge is 0.453 e. The molecule has 1 aromatic carbocycles. The van der Waals surface area contributed by atoms with Gasteiger partial charge in [0, 0.05) is 16.5 Å². The Kier molecular flexibility index (Phi) is 5.60. The predicted octanol–water partition coefficient (Wildman–Crippen LogP) is 5.24. The van der Waals surface area contributed by atoms with Crippen molar-refractivity contribution in [3.63, 3.8) is 0 Å². The van der Waals surface area contributed by atoms with E-state index in [-0.39, 0.29) is 32.1 Å². The molecule has 4 aliphatic rings. The minimum Gasteiger partial charge on any atom is -0.453 e. The van der Waals surface area contributed by atoms with Crippen molar-refractivity contribution in [1.82, 2.24) is 0 Å². The first-order valence-corrected chi connectivity index (χ1v) is 11.4. The molecule has 3 atom stereocenters. The van der Waals surface area contributed by atoms with Crippen molar-refractivity contribution in [2.24, 2.45) is 17.3 Å². The lowest BCUT2D eigenvalue weighted by atomic mass is 9.49. The molecule has 4 fully saturated rings. The fraction of sp³-hybridized carbons (Fsp3) is 0.619. The summed E-state index contributed by atoms with van der Waals surface area (Å²) in [6.07, 6.45) is 6.10. The highest BCUT2D eigenvalue weighted by Crippen LogP contribution is 2.65. The molecule has 30 heavy (non-hydrogen) atoms. The lowest BCUT2D eigenvalue weighted by Gasteiger charge is -2.60. The van der Waals surface area contributed by atoms with Gasteiger partial charge in [0.25, 0.3) is 11.6 Å². The molecular formula is C21H24BrClN2O5. The molecule has 0 spiro atoms. The Balaban J connectivity index is 1.35. The summed E-state index contributed by atoms with van der Waals surface area (Å²) in [5.74, 6) is 0.457. The third kappa shape index (κ3) is 4.35. The van der Waals surface area contributed by atoms with E-state index in [2.05, 4.69) is 21.2 Å². The van der Waals surface area contributed by atoms with Crippen LogP contribution in [0.2, 0.25) is 5.02 Å². The minimum absolute atomic E-state index is 0.0253. The molecule has 0 radical (unpaired) electrons. The standard InChI is InChI=1S/C21H24BrClN2O5/c1-12(19(27)24-17-3-2-15(25(28)29)5-16(17)23)30-18(26)10-20-6-13-4-14(7-20)9-21(22,8-13)11-20/h2-3,5,12-14H,4,6-11H2,1H3,(H,24,27)/t12-,13-,14-,20?,21?/m1/s1. The number of carbonyl (C=O) groups excluding carboxylic acids is 2. The molecule has 1 amide bonds. The van der Waals surface area contributed by atoms with Gasteiger partial charge in [-0.3, -0.25) is 19.7 Å². The van der Waals surface area contributed by atoms with E-state index in [1.54, 1.807) is 0 Å². The summed E-state index contributed by atoms with van der Waals surface area (Å²) >= 11 is 9.96. The highest BCUT2D eigenvalue weighted by atomic mass is 79.9. The summed E-state index contributed by atoms with van der Waals surface area (Å²) in [5, 5.41) is 13.4. The van der Waals surface area contributed by atoms with E-state index in [0.717, 1.165) is 25.3 Å². The number of hydrogen-bond donors (Lipinski definition) is 1. The number of carbonyl (C=O) groups is 2. The van der Waals surface area contributed by atoms with Crippen LogP contribution in [0.15, 0.2) is 18.2 Å². The Labute approximate surface area is 188 Å². The number of non-ortho nitro benzene ring substituents is 1. The maximum Gasteiger partial charge on any atom is 0.307 e. The normalized spacial score (nSPS) is 32.5. The van der Waals surface area contributed by atoms with Crippen LogP contribution in [0.1, 0.15) is 51.9 Å². The van der Waals surface area contributed by atoms with Crippen LogP contribution >= 0.6 is 27.5 Å². The Morgan fingerprint density at radius 3 is 2.57 bits per heavy atom. The van der Waals surface area contributed by atoms with Gasteiger partial charge in [0.05, 0.1) is 22.1 Å². The van der Waals surface area contributed by atoms with Gasteiger partial charge >= 0.3 is 5.97 Å². The van der Waals surface area contributed by atoms with Gasteiger partial charge in [-0.25, -0.2) is 0 Å². The van der Waals surface area contributed by atoms with Crippen molar-refractivity contribution in [3.8, 4) is 0 Å². The number of nitro groups is 1. The number of benzene rings is 1. The third-order valence-corrected chi connectivity index (χ3v) is 7.97. The first-order valence-electron chi connectivity index (χ1n) is 10.2. The van der Waals surface area contributed by atoms with Gasteiger partial charge in [0.1, 0.15) is 0 Å². The Morgan fingerprint density at radius 2 is 2.00 bits per heavy atom. The monoisotopic (exact) mass is 498 g/mol. The van der Waals surface area contributed by atoms with Crippen molar-refractivity contribution >= 4 is 50.8 Å². The number of alkyl halides is 1. The number of esters is 1. The molecule has 5 rings (SSSR count). The molecule has 0 heterocycles. The van der Waals surface area contributed by atoms with E-state index < -0.39 is 16.9 Å². The van der Waals surface area contributed by atoms with E-state index in [1.165, 1.54) is 38.3 Å². The van der Waals surface area contributed by atoms with Crippen molar-refractivity contribution in [2.45, 2.75) is 62.3 Å². The fourth-order valence-electron chi connectivity index (χ4n) is 6.09. The van der Waals surface area contributed by atoms with E-state index in [0.29, 0.717) is 18.3 Å².